The molecule has 1 aromatic heterocycles. The number of hydrogen-bond donors (Lipinski definition) is 0. The summed E-state index contributed by atoms with van der Waals surface area (Å²) in [6.07, 6.45) is 0. The van der Waals surface area contributed by atoms with Crippen LogP contribution < -0.4 is 0 Å². The highest BCUT2D eigenvalue weighted by Gasteiger charge is 2.09. The Labute approximate surface area is 116 Å². The van der Waals surface area contributed by atoms with Gasteiger partial charge in [0.25, 0.3) is 0 Å². The van der Waals surface area contributed by atoms with E-state index in [0.29, 0.717) is 17.7 Å². The molecule has 0 saturated carbocycles. The second kappa shape index (κ2) is 4.82. The van der Waals surface area contributed by atoms with Crippen molar-refractivity contribution in [1.82, 2.24) is 4.57 Å². The molecule has 0 aliphatic rings. The molecule has 2 aromatic carbocycles. The summed E-state index contributed by atoms with van der Waals surface area (Å²) in [5.74, 6) is -0.332. The molecule has 0 aliphatic carbocycles. The number of rotatable bonds is 2. The number of benzene rings is 2. The molecule has 0 unspecified atom stereocenters. The molecule has 3 aromatic rings. The van der Waals surface area contributed by atoms with Crippen LogP contribution >= 0.6 is 0 Å². The lowest BCUT2D eigenvalue weighted by Crippen LogP contribution is -2.03. The molecule has 0 aliphatic heterocycles. The molecule has 2 nitrogen and oxygen atoms in total. The van der Waals surface area contributed by atoms with Gasteiger partial charge in [0, 0.05) is 16.8 Å². The lowest BCUT2D eigenvalue weighted by molar-refractivity contribution is 0.600. The number of aryl methyl sites for hydroxylation is 1. The minimum Gasteiger partial charge on any atom is -0.340 e. The van der Waals surface area contributed by atoms with Crippen LogP contribution in [-0.4, -0.2) is 4.57 Å². The average molecular weight is 264 g/mol. The van der Waals surface area contributed by atoms with Crippen molar-refractivity contribution in [3.8, 4) is 6.07 Å². The topological polar surface area (TPSA) is 28.7 Å². The van der Waals surface area contributed by atoms with Crippen LogP contribution in [0.5, 0.6) is 0 Å². The average Bonchev–Trinajstić information content (AvgIpc) is 2.77. The Morgan fingerprint density at radius 2 is 1.95 bits per heavy atom. The Bertz CT molecular complexity index is 825. The summed E-state index contributed by atoms with van der Waals surface area (Å²) in [6.45, 7) is 2.48. The Kier molecular flexibility index (Phi) is 3.00. The van der Waals surface area contributed by atoms with Crippen LogP contribution in [0.15, 0.2) is 48.5 Å². The number of nitrogens with zero attached hydrogens (tertiary/aromatic N) is 2. The van der Waals surface area contributed by atoms with Crippen LogP contribution in [0.25, 0.3) is 10.9 Å². The van der Waals surface area contributed by atoms with Gasteiger partial charge < -0.3 is 4.57 Å². The number of nitriles is 1. The molecular weight excluding hydrogens is 251 g/mol. The first-order valence-electron chi connectivity index (χ1n) is 6.42. The van der Waals surface area contributed by atoms with Crippen molar-refractivity contribution in [1.29, 1.82) is 5.26 Å². The zero-order chi connectivity index (χ0) is 14.1. The van der Waals surface area contributed by atoms with Crippen LogP contribution in [-0.2, 0) is 6.54 Å². The van der Waals surface area contributed by atoms with Gasteiger partial charge in [0.15, 0.2) is 0 Å². The number of aromatic nitrogens is 1. The molecule has 98 valence electrons. The predicted octanol–water partition coefficient (Wildman–Crippen LogP) is 4.01. The highest BCUT2D eigenvalue weighted by Crippen LogP contribution is 2.21. The molecule has 0 saturated heterocycles. The van der Waals surface area contributed by atoms with E-state index in [1.54, 1.807) is 12.1 Å². The van der Waals surface area contributed by atoms with Crippen LogP contribution in [0.4, 0.5) is 4.39 Å². The van der Waals surface area contributed by atoms with Gasteiger partial charge in [-0.15, -0.1) is 0 Å². The third-order valence-electron chi connectivity index (χ3n) is 3.53. The van der Waals surface area contributed by atoms with Crippen molar-refractivity contribution in [2.45, 2.75) is 13.5 Å². The van der Waals surface area contributed by atoms with Gasteiger partial charge in [0.05, 0.1) is 18.2 Å². The van der Waals surface area contributed by atoms with E-state index in [9.17, 15) is 4.39 Å². The molecular formula is C17H13FN2. The quantitative estimate of drug-likeness (QED) is 0.687. The third-order valence-corrected chi connectivity index (χ3v) is 3.53. The number of halogens is 1. The molecule has 1 heterocycles. The van der Waals surface area contributed by atoms with Gasteiger partial charge in [-0.1, -0.05) is 24.3 Å². The van der Waals surface area contributed by atoms with Crippen LogP contribution in [0.1, 0.15) is 16.8 Å². The molecule has 0 N–H and O–H groups in total. The van der Waals surface area contributed by atoms with Crippen molar-refractivity contribution >= 4 is 10.9 Å². The fourth-order valence-corrected chi connectivity index (χ4v) is 2.47. The van der Waals surface area contributed by atoms with Crippen molar-refractivity contribution in [2.24, 2.45) is 0 Å². The largest absolute Gasteiger partial charge is 0.340 e. The van der Waals surface area contributed by atoms with E-state index in [2.05, 4.69) is 10.6 Å². The maximum Gasteiger partial charge on any atom is 0.129 e. The second-order valence-corrected chi connectivity index (χ2v) is 4.85. The summed E-state index contributed by atoms with van der Waals surface area (Å²) in [6, 6.07) is 16.7. The van der Waals surface area contributed by atoms with Gasteiger partial charge in [-0.25, -0.2) is 4.39 Å². The van der Waals surface area contributed by atoms with E-state index in [1.165, 1.54) is 6.07 Å². The minimum absolute atomic E-state index is 0.332. The third kappa shape index (κ3) is 2.06. The first-order valence-corrected chi connectivity index (χ1v) is 6.42. The first-order chi connectivity index (χ1) is 9.69. The van der Waals surface area contributed by atoms with E-state index in [0.717, 1.165) is 16.6 Å². The Hall–Kier alpha value is -2.60. The lowest BCUT2D eigenvalue weighted by Gasteiger charge is -2.09. The zero-order valence-corrected chi connectivity index (χ0v) is 11.1. The predicted molar refractivity (Wildman–Crippen MR) is 76.9 cm³/mol. The van der Waals surface area contributed by atoms with E-state index in [4.69, 9.17) is 5.26 Å². The summed E-state index contributed by atoms with van der Waals surface area (Å²) >= 11 is 0. The fraction of sp³-hybridized carbons (Fsp3) is 0.118. The molecule has 20 heavy (non-hydrogen) atoms. The van der Waals surface area contributed by atoms with E-state index in [1.807, 2.05) is 37.3 Å². The van der Waals surface area contributed by atoms with Gasteiger partial charge in [-0.2, -0.15) is 5.26 Å². The minimum atomic E-state index is -0.332. The molecule has 3 heteroatoms. The normalized spacial score (nSPS) is 10.7. The van der Waals surface area contributed by atoms with E-state index in [-0.39, 0.29) is 5.82 Å². The lowest BCUT2D eigenvalue weighted by atomic mass is 10.1. The smallest absolute Gasteiger partial charge is 0.129 e. The number of hydrogen-bond acceptors (Lipinski definition) is 1. The van der Waals surface area contributed by atoms with Gasteiger partial charge in [0.2, 0.25) is 0 Å². The van der Waals surface area contributed by atoms with Gasteiger partial charge in [-0.3, -0.25) is 0 Å². The zero-order valence-electron chi connectivity index (χ0n) is 11.1. The van der Waals surface area contributed by atoms with Crippen LogP contribution in [0.2, 0.25) is 0 Å². The van der Waals surface area contributed by atoms with Gasteiger partial charge >= 0.3 is 0 Å². The summed E-state index contributed by atoms with van der Waals surface area (Å²) in [4.78, 5) is 0. The summed E-state index contributed by atoms with van der Waals surface area (Å²) in [7, 11) is 0. The molecule has 0 atom stereocenters. The number of para-hydroxylation sites is 1. The molecule has 0 radical (unpaired) electrons. The molecule has 3 rings (SSSR count). The van der Waals surface area contributed by atoms with Gasteiger partial charge in [0.1, 0.15) is 5.82 Å². The first kappa shape index (κ1) is 12.4. The highest BCUT2D eigenvalue weighted by molar-refractivity contribution is 5.81. The maximum absolute atomic E-state index is 14.0. The Balaban J connectivity index is 2.06. The summed E-state index contributed by atoms with van der Waals surface area (Å²) in [5.41, 5.74) is 3.12. The van der Waals surface area contributed by atoms with E-state index < -0.39 is 0 Å². The SMILES string of the molecule is Cc1cc2ccccc2n1Cc1ccc(C#N)cc1F. The highest BCUT2D eigenvalue weighted by atomic mass is 19.1. The Morgan fingerprint density at radius 3 is 2.70 bits per heavy atom. The van der Waals surface area contributed by atoms with Crippen molar-refractivity contribution in [3.63, 3.8) is 0 Å². The molecule has 0 amide bonds. The second-order valence-electron chi connectivity index (χ2n) is 4.85. The monoisotopic (exact) mass is 264 g/mol. The number of fused-ring (bicyclic) bond motifs is 1. The van der Waals surface area contributed by atoms with Crippen LogP contribution in [0.3, 0.4) is 0 Å². The fourth-order valence-electron chi connectivity index (χ4n) is 2.47. The summed E-state index contributed by atoms with van der Waals surface area (Å²) < 4.78 is 16.1. The Morgan fingerprint density at radius 1 is 1.15 bits per heavy atom. The standard InChI is InChI=1S/C17H13FN2/c1-12-8-14-4-2-3-5-17(14)20(12)11-15-7-6-13(10-19)9-16(15)18/h2-9H,11H2,1H3. The molecule has 0 fully saturated rings. The molecule has 0 bridgehead atoms. The maximum atomic E-state index is 14.0. The van der Waals surface area contributed by atoms with Crippen LogP contribution in [0, 0.1) is 24.1 Å². The van der Waals surface area contributed by atoms with Crippen molar-refractivity contribution in [3.05, 3.63) is 71.2 Å². The van der Waals surface area contributed by atoms with E-state index >= 15 is 0 Å². The van der Waals surface area contributed by atoms with Crippen molar-refractivity contribution in [2.75, 3.05) is 0 Å². The van der Waals surface area contributed by atoms with Gasteiger partial charge in [-0.05, 0) is 36.6 Å². The van der Waals surface area contributed by atoms with Crippen molar-refractivity contribution < 1.29 is 4.39 Å². The summed E-state index contributed by atoms with van der Waals surface area (Å²) in [5, 5.41) is 9.93. The molecule has 0 spiro atoms.